The summed E-state index contributed by atoms with van der Waals surface area (Å²) in [6.07, 6.45) is 8.34. The van der Waals surface area contributed by atoms with Gasteiger partial charge >= 0.3 is 0 Å². The molecule has 1 aliphatic carbocycles. The van der Waals surface area contributed by atoms with Gasteiger partial charge in [-0.25, -0.2) is 9.38 Å². The smallest absolute Gasteiger partial charge is 0.247 e. The molecule has 0 unspecified atom stereocenters. The van der Waals surface area contributed by atoms with Gasteiger partial charge in [0.05, 0.1) is 17.9 Å². The average molecular weight is 513 g/mol. The van der Waals surface area contributed by atoms with E-state index in [0.717, 1.165) is 16.8 Å². The van der Waals surface area contributed by atoms with E-state index in [-0.39, 0.29) is 24.0 Å². The van der Waals surface area contributed by atoms with E-state index in [2.05, 4.69) is 28.5 Å². The van der Waals surface area contributed by atoms with Crippen LogP contribution in [0.4, 0.5) is 21.5 Å². The highest BCUT2D eigenvalue weighted by atomic mass is 19.1. The molecule has 0 spiro atoms. The van der Waals surface area contributed by atoms with E-state index in [0.29, 0.717) is 43.2 Å². The number of amides is 2. The zero-order valence-electron chi connectivity index (χ0n) is 20.9. The van der Waals surface area contributed by atoms with Crippen LogP contribution < -0.4 is 16.0 Å². The number of halogens is 1. The highest BCUT2D eigenvalue weighted by molar-refractivity contribution is 6.34. The fourth-order valence-electron chi connectivity index (χ4n) is 4.37. The zero-order chi connectivity index (χ0) is 27.1. The van der Waals surface area contributed by atoms with Crippen molar-refractivity contribution < 1.29 is 14.0 Å². The summed E-state index contributed by atoms with van der Waals surface area (Å²) in [5.74, 6) is -1.13. The molecule has 2 aromatic carbocycles. The summed E-state index contributed by atoms with van der Waals surface area (Å²) < 4.78 is 15.3. The summed E-state index contributed by atoms with van der Waals surface area (Å²) in [7, 11) is 0. The van der Waals surface area contributed by atoms with Gasteiger partial charge in [0.25, 0.3) is 0 Å². The predicted molar refractivity (Wildman–Crippen MR) is 151 cm³/mol. The van der Waals surface area contributed by atoms with Crippen molar-refractivity contribution >= 4 is 46.9 Å². The van der Waals surface area contributed by atoms with Crippen LogP contribution in [-0.2, 0) is 9.59 Å². The second kappa shape index (κ2) is 12.1. The molecule has 2 amide bonds. The van der Waals surface area contributed by atoms with E-state index >= 15 is 4.39 Å². The number of hydrogen-bond donors (Lipinski definition) is 2. The van der Waals surface area contributed by atoms with Crippen LogP contribution in [0.2, 0.25) is 0 Å². The van der Waals surface area contributed by atoms with Crippen LogP contribution in [0.3, 0.4) is 0 Å². The standard InChI is InChI=1S/C29H29FN6O2/c1-3-28(38)33-22-8-4-6-20(16-22)24-9-5-7-21(18-32-2)29(24)34-26-11-10-23(17-25(26)30)36-14-12-35(13-15-36)19-27(31)37/h3-11,16-18H,1-2,12-15,19H2,(H2,31,37)(H,33,38)/b21-18-,34-29+. The molecule has 0 saturated carbocycles. The largest absolute Gasteiger partial charge is 0.369 e. The third kappa shape index (κ3) is 6.37. The summed E-state index contributed by atoms with van der Waals surface area (Å²) >= 11 is 0. The Morgan fingerprint density at radius 1 is 1.13 bits per heavy atom. The lowest BCUT2D eigenvalue weighted by molar-refractivity contribution is -0.119. The SMILES string of the molecule is C=CC(=O)Nc1cccc(C2=CC=CC(=C/N=C)/C2=N\c2ccc(N3CCN(CC(N)=O)CC3)cc2F)c1. The van der Waals surface area contributed by atoms with Crippen LogP contribution in [0, 0.1) is 5.82 Å². The Morgan fingerprint density at radius 2 is 1.92 bits per heavy atom. The van der Waals surface area contributed by atoms with Gasteiger partial charge in [0, 0.05) is 54.9 Å². The molecule has 0 radical (unpaired) electrons. The number of primary amides is 1. The molecule has 2 aliphatic rings. The Hall–Kier alpha value is -4.63. The highest BCUT2D eigenvalue weighted by Gasteiger charge is 2.21. The van der Waals surface area contributed by atoms with Gasteiger partial charge in [0.2, 0.25) is 11.8 Å². The van der Waals surface area contributed by atoms with Crippen LogP contribution in [0.1, 0.15) is 5.56 Å². The minimum Gasteiger partial charge on any atom is -0.369 e. The fraction of sp³-hybridized carbons (Fsp3) is 0.172. The summed E-state index contributed by atoms with van der Waals surface area (Å²) in [6.45, 7) is 9.92. The topological polar surface area (TPSA) is 103 Å². The maximum Gasteiger partial charge on any atom is 0.247 e. The van der Waals surface area contributed by atoms with Gasteiger partial charge in [0.1, 0.15) is 0 Å². The van der Waals surface area contributed by atoms with Gasteiger partial charge in [-0.3, -0.25) is 19.5 Å². The van der Waals surface area contributed by atoms with Crippen LogP contribution in [-0.4, -0.2) is 61.9 Å². The number of benzene rings is 2. The molecule has 1 heterocycles. The van der Waals surface area contributed by atoms with Gasteiger partial charge < -0.3 is 16.0 Å². The molecular weight excluding hydrogens is 483 g/mol. The van der Waals surface area contributed by atoms with E-state index in [1.165, 1.54) is 12.1 Å². The number of hydrogen-bond acceptors (Lipinski definition) is 6. The molecule has 3 N–H and O–H groups in total. The van der Waals surface area contributed by atoms with E-state index in [1.807, 2.05) is 47.4 Å². The normalized spacial score (nSPS) is 17.8. The molecule has 0 aromatic heterocycles. The summed E-state index contributed by atoms with van der Waals surface area (Å²) in [5.41, 5.74) is 9.55. The van der Waals surface area contributed by atoms with Gasteiger partial charge in [-0.15, -0.1) is 0 Å². The highest BCUT2D eigenvalue weighted by Crippen LogP contribution is 2.31. The van der Waals surface area contributed by atoms with E-state index in [4.69, 9.17) is 10.7 Å². The number of aliphatic imine (C=N–C) groups is 2. The Morgan fingerprint density at radius 3 is 2.61 bits per heavy atom. The number of nitrogens with zero attached hydrogens (tertiary/aromatic N) is 4. The third-order valence-electron chi connectivity index (χ3n) is 6.20. The van der Waals surface area contributed by atoms with Gasteiger partial charge in [-0.2, -0.15) is 0 Å². The third-order valence-corrected chi connectivity index (χ3v) is 6.20. The van der Waals surface area contributed by atoms with Crippen LogP contribution in [0.25, 0.3) is 5.57 Å². The monoisotopic (exact) mass is 512 g/mol. The number of carbonyl (C=O) groups excluding carboxylic acids is 2. The second-order valence-electron chi connectivity index (χ2n) is 8.81. The molecule has 9 heteroatoms. The van der Waals surface area contributed by atoms with Gasteiger partial charge in [-0.05, 0) is 48.7 Å². The number of carbonyl (C=O) groups is 2. The lowest BCUT2D eigenvalue weighted by Crippen LogP contribution is -2.48. The van der Waals surface area contributed by atoms with Gasteiger partial charge in [0.15, 0.2) is 5.82 Å². The fourth-order valence-corrected chi connectivity index (χ4v) is 4.37. The summed E-state index contributed by atoms with van der Waals surface area (Å²) in [6, 6.07) is 12.3. The Labute approximate surface area is 221 Å². The Balaban J connectivity index is 1.63. The van der Waals surface area contributed by atoms with Crippen molar-refractivity contribution in [2.24, 2.45) is 15.7 Å². The van der Waals surface area contributed by atoms with Crippen molar-refractivity contribution in [3.8, 4) is 0 Å². The lowest BCUT2D eigenvalue weighted by atomic mass is 9.91. The molecule has 8 nitrogen and oxygen atoms in total. The zero-order valence-corrected chi connectivity index (χ0v) is 20.9. The van der Waals surface area contributed by atoms with Crippen molar-refractivity contribution in [3.63, 3.8) is 0 Å². The number of rotatable bonds is 8. The molecule has 0 atom stereocenters. The summed E-state index contributed by atoms with van der Waals surface area (Å²) in [5, 5.41) is 2.75. The number of anilines is 2. The van der Waals surface area contributed by atoms with Crippen LogP contribution >= 0.6 is 0 Å². The minimum atomic E-state index is -0.457. The van der Waals surface area contributed by atoms with Crippen molar-refractivity contribution in [2.75, 3.05) is 42.9 Å². The molecule has 0 bridgehead atoms. The molecule has 1 fully saturated rings. The molecule has 4 rings (SSSR count). The molecule has 2 aromatic rings. The van der Waals surface area contributed by atoms with Crippen LogP contribution in [0.15, 0.2) is 95.1 Å². The van der Waals surface area contributed by atoms with Gasteiger partial charge in [-0.1, -0.05) is 36.9 Å². The van der Waals surface area contributed by atoms with Crippen molar-refractivity contribution in [2.45, 2.75) is 0 Å². The first kappa shape index (κ1) is 26.4. The molecule has 1 aliphatic heterocycles. The second-order valence-corrected chi connectivity index (χ2v) is 8.81. The number of allylic oxidation sites excluding steroid dienone is 5. The van der Waals surface area contributed by atoms with Crippen molar-refractivity contribution in [1.29, 1.82) is 0 Å². The first-order chi connectivity index (χ1) is 18.4. The predicted octanol–water partition coefficient (Wildman–Crippen LogP) is 3.87. The number of nitrogens with one attached hydrogen (secondary N) is 1. The van der Waals surface area contributed by atoms with Crippen molar-refractivity contribution in [1.82, 2.24) is 4.90 Å². The van der Waals surface area contributed by atoms with E-state index in [1.54, 1.807) is 18.3 Å². The minimum absolute atomic E-state index is 0.184. The lowest BCUT2D eigenvalue weighted by Gasteiger charge is -2.35. The quantitative estimate of drug-likeness (QED) is 0.414. The molecule has 1 saturated heterocycles. The maximum absolute atomic E-state index is 15.3. The molecule has 38 heavy (non-hydrogen) atoms. The molecular formula is C29H29FN6O2. The average Bonchev–Trinajstić information content (AvgIpc) is 2.91. The first-order valence-electron chi connectivity index (χ1n) is 12.1. The van der Waals surface area contributed by atoms with Crippen LogP contribution in [0.5, 0.6) is 0 Å². The van der Waals surface area contributed by atoms with Crippen molar-refractivity contribution in [3.05, 3.63) is 96.5 Å². The first-order valence-corrected chi connectivity index (χ1v) is 12.1. The van der Waals surface area contributed by atoms with E-state index < -0.39 is 5.82 Å². The number of nitrogens with two attached hydrogens (primary N) is 1. The Kier molecular flexibility index (Phi) is 8.40. The summed E-state index contributed by atoms with van der Waals surface area (Å²) in [4.78, 5) is 35.6. The Bertz CT molecular complexity index is 1380. The maximum atomic E-state index is 15.3. The number of piperazine rings is 1. The van der Waals surface area contributed by atoms with E-state index in [9.17, 15) is 9.59 Å². The molecule has 194 valence electrons.